The molecule has 0 aromatic heterocycles. The first-order chi connectivity index (χ1) is 13.9. The summed E-state index contributed by atoms with van der Waals surface area (Å²) in [5.74, 6) is 0.309. The highest BCUT2D eigenvalue weighted by molar-refractivity contribution is 8.18. The number of rotatable bonds is 4. The Labute approximate surface area is 171 Å². The molecule has 1 fully saturated rings. The van der Waals surface area contributed by atoms with E-state index in [0.29, 0.717) is 22.7 Å². The minimum atomic E-state index is -0.492. The fraction of sp³-hybridized carbons (Fsp3) is 0.190. The van der Waals surface area contributed by atoms with Crippen LogP contribution in [0.2, 0.25) is 0 Å². The molecule has 0 saturated carbocycles. The minimum absolute atomic E-state index is 0.158. The van der Waals surface area contributed by atoms with Crippen molar-refractivity contribution in [3.63, 3.8) is 0 Å². The van der Waals surface area contributed by atoms with E-state index in [1.807, 2.05) is 32.0 Å². The quantitative estimate of drug-likeness (QED) is 0.774. The van der Waals surface area contributed by atoms with Crippen molar-refractivity contribution < 1.29 is 23.9 Å². The SMILES string of the molecule is Cc1ccc(C)c(NC(=O)CN2C(=O)S/C(=C/c3ccc4c(c3)OCO4)C2=O)c1. The van der Waals surface area contributed by atoms with Crippen LogP contribution in [-0.2, 0) is 9.59 Å². The average molecular weight is 410 g/mol. The number of hydrogen-bond donors (Lipinski definition) is 1. The van der Waals surface area contributed by atoms with Crippen molar-refractivity contribution in [2.75, 3.05) is 18.7 Å². The predicted octanol–water partition coefficient (Wildman–Crippen LogP) is 3.71. The maximum Gasteiger partial charge on any atom is 0.294 e. The zero-order valence-electron chi connectivity index (χ0n) is 15.9. The van der Waals surface area contributed by atoms with Crippen LogP contribution >= 0.6 is 11.8 Å². The number of ether oxygens (including phenoxy) is 2. The van der Waals surface area contributed by atoms with E-state index in [2.05, 4.69) is 5.32 Å². The Morgan fingerprint density at radius 3 is 2.76 bits per heavy atom. The molecule has 2 aliphatic rings. The van der Waals surface area contributed by atoms with Crippen LogP contribution in [0.3, 0.4) is 0 Å². The fourth-order valence-corrected chi connectivity index (χ4v) is 3.83. The third-order valence-corrected chi connectivity index (χ3v) is 5.44. The van der Waals surface area contributed by atoms with Gasteiger partial charge >= 0.3 is 0 Å². The maximum absolute atomic E-state index is 12.6. The molecule has 148 valence electrons. The molecule has 0 radical (unpaired) electrons. The molecule has 3 amide bonds. The van der Waals surface area contributed by atoms with E-state index in [1.165, 1.54) is 0 Å². The van der Waals surface area contributed by atoms with E-state index in [1.54, 1.807) is 24.3 Å². The summed E-state index contributed by atoms with van der Waals surface area (Å²) in [5, 5.41) is 2.29. The number of imide groups is 1. The van der Waals surface area contributed by atoms with Gasteiger partial charge in [0.2, 0.25) is 12.7 Å². The molecule has 2 aromatic rings. The van der Waals surface area contributed by atoms with Crippen molar-refractivity contribution in [1.82, 2.24) is 4.90 Å². The number of carbonyl (C=O) groups is 3. The predicted molar refractivity (Wildman–Crippen MR) is 110 cm³/mol. The van der Waals surface area contributed by atoms with Gasteiger partial charge in [0.15, 0.2) is 11.5 Å². The number of aryl methyl sites for hydroxylation is 2. The standard InChI is InChI=1S/C21H18N2O5S/c1-12-3-4-13(2)15(7-12)22-19(24)10-23-20(25)18(29-21(23)26)9-14-5-6-16-17(8-14)28-11-27-16/h3-9H,10-11H2,1-2H3,(H,22,24)/b18-9+. The third kappa shape index (κ3) is 3.97. The van der Waals surface area contributed by atoms with Gasteiger partial charge in [-0.15, -0.1) is 0 Å². The molecule has 1 N–H and O–H groups in total. The van der Waals surface area contributed by atoms with Crippen molar-refractivity contribution in [1.29, 1.82) is 0 Å². The number of nitrogens with one attached hydrogen (secondary N) is 1. The second-order valence-corrected chi connectivity index (χ2v) is 7.74. The van der Waals surface area contributed by atoms with Crippen LogP contribution in [0.15, 0.2) is 41.3 Å². The summed E-state index contributed by atoms with van der Waals surface area (Å²) < 4.78 is 10.6. The van der Waals surface area contributed by atoms with E-state index in [4.69, 9.17) is 9.47 Å². The highest BCUT2D eigenvalue weighted by Crippen LogP contribution is 2.36. The van der Waals surface area contributed by atoms with Gasteiger partial charge in [0.25, 0.3) is 11.1 Å². The maximum atomic E-state index is 12.6. The average Bonchev–Trinajstić information content (AvgIpc) is 3.24. The Bertz CT molecular complexity index is 1060. The van der Waals surface area contributed by atoms with Crippen LogP contribution in [0.1, 0.15) is 16.7 Å². The summed E-state index contributed by atoms with van der Waals surface area (Å²) in [5.41, 5.74) is 3.28. The monoisotopic (exact) mass is 410 g/mol. The normalized spacial score (nSPS) is 16.6. The number of nitrogens with zero attached hydrogens (tertiary/aromatic N) is 1. The molecule has 0 bridgehead atoms. The minimum Gasteiger partial charge on any atom is -0.454 e. The summed E-state index contributed by atoms with van der Waals surface area (Å²) in [6.45, 7) is 3.62. The van der Waals surface area contributed by atoms with Crippen LogP contribution in [-0.4, -0.2) is 35.3 Å². The Morgan fingerprint density at radius 1 is 1.14 bits per heavy atom. The van der Waals surface area contributed by atoms with Crippen LogP contribution < -0.4 is 14.8 Å². The first kappa shape index (κ1) is 19.1. The van der Waals surface area contributed by atoms with E-state index >= 15 is 0 Å². The van der Waals surface area contributed by atoms with Gasteiger partial charge in [-0.1, -0.05) is 18.2 Å². The van der Waals surface area contributed by atoms with Crippen molar-refractivity contribution in [3.05, 3.63) is 58.0 Å². The van der Waals surface area contributed by atoms with Gasteiger partial charge in [0, 0.05) is 5.69 Å². The van der Waals surface area contributed by atoms with Crippen LogP contribution in [0.4, 0.5) is 10.5 Å². The molecule has 0 spiro atoms. The Hall–Kier alpha value is -3.26. The molecular weight excluding hydrogens is 392 g/mol. The van der Waals surface area contributed by atoms with Crippen LogP contribution in [0, 0.1) is 13.8 Å². The molecule has 2 aliphatic heterocycles. The summed E-state index contributed by atoms with van der Waals surface area (Å²) >= 11 is 0.810. The topological polar surface area (TPSA) is 84.9 Å². The largest absolute Gasteiger partial charge is 0.454 e. The molecule has 2 aromatic carbocycles. The number of fused-ring (bicyclic) bond motifs is 1. The third-order valence-electron chi connectivity index (χ3n) is 4.54. The highest BCUT2D eigenvalue weighted by atomic mass is 32.2. The molecule has 8 heteroatoms. The molecule has 0 aliphatic carbocycles. The van der Waals surface area contributed by atoms with Gasteiger partial charge in [0.1, 0.15) is 6.54 Å². The zero-order chi connectivity index (χ0) is 20.5. The number of thioether (sulfide) groups is 1. The number of benzene rings is 2. The van der Waals surface area contributed by atoms with Crippen LogP contribution in [0.5, 0.6) is 11.5 Å². The van der Waals surface area contributed by atoms with Gasteiger partial charge in [-0.25, -0.2) is 0 Å². The van der Waals surface area contributed by atoms with E-state index < -0.39 is 17.1 Å². The Kier molecular flexibility index (Phi) is 5.02. The second kappa shape index (κ2) is 7.63. The number of amides is 3. The summed E-state index contributed by atoms with van der Waals surface area (Å²) in [6.07, 6.45) is 1.61. The van der Waals surface area contributed by atoms with Crippen LogP contribution in [0.25, 0.3) is 6.08 Å². The summed E-state index contributed by atoms with van der Waals surface area (Å²) in [4.78, 5) is 38.5. The van der Waals surface area contributed by atoms with Gasteiger partial charge in [0.05, 0.1) is 4.91 Å². The second-order valence-electron chi connectivity index (χ2n) is 6.75. The Balaban J connectivity index is 1.46. The fourth-order valence-electron chi connectivity index (χ4n) is 2.99. The molecule has 1 saturated heterocycles. The van der Waals surface area contributed by atoms with Gasteiger partial charge < -0.3 is 14.8 Å². The molecule has 4 rings (SSSR count). The van der Waals surface area contributed by atoms with Gasteiger partial charge in [-0.05, 0) is 66.6 Å². The molecule has 0 unspecified atom stereocenters. The lowest BCUT2D eigenvalue weighted by Crippen LogP contribution is -2.36. The first-order valence-corrected chi connectivity index (χ1v) is 9.74. The summed E-state index contributed by atoms with van der Waals surface area (Å²) in [6, 6.07) is 11.0. The smallest absolute Gasteiger partial charge is 0.294 e. The van der Waals surface area contributed by atoms with Gasteiger partial charge in [-0.2, -0.15) is 0 Å². The lowest BCUT2D eigenvalue weighted by atomic mass is 10.1. The molecular formula is C21H18N2O5S. The highest BCUT2D eigenvalue weighted by Gasteiger charge is 2.36. The van der Waals surface area contributed by atoms with E-state index in [-0.39, 0.29) is 18.2 Å². The van der Waals surface area contributed by atoms with Gasteiger partial charge in [-0.3, -0.25) is 19.3 Å². The lowest BCUT2D eigenvalue weighted by Gasteiger charge is -2.14. The summed E-state index contributed by atoms with van der Waals surface area (Å²) in [7, 11) is 0. The van der Waals surface area contributed by atoms with E-state index in [0.717, 1.165) is 27.8 Å². The van der Waals surface area contributed by atoms with Crippen molar-refractivity contribution in [2.45, 2.75) is 13.8 Å². The lowest BCUT2D eigenvalue weighted by molar-refractivity contribution is -0.127. The van der Waals surface area contributed by atoms with Crippen molar-refractivity contribution >= 4 is 40.6 Å². The van der Waals surface area contributed by atoms with E-state index in [9.17, 15) is 14.4 Å². The number of anilines is 1. The Morgan fingerprint density at radius 2 is 1.93 bits per heavy atom. The molecule has 2 heterocycles. The zero-order valence-corrected chi connectivity index (χ0v) is 16.7. The molecule has 7 nitrogen and oxygen atoms in total. The molecule has 0 atom stereocenters. The number of hydrogen-bond acceptors (Lipinski definition) is 6. The van der Waals surface area contributed by atoms with Crippen molar-refractivity contribution in [2.24, 2.45) is 0 Å². The number of carbonyl (C=O) groups excluding carboxylic acids is 3. The van der Waals surface area contributed by atoms with Crippen molar-refractivity contribution in [3.8, 4) is 11.5 Å². The molecule has 29 heavy (non-hydrogen) atoms. The first-order valence-electron chi connectivity index (χ1n) is 8.93.